The van der Waals surface area contributed by atoms with Gasteiger partial charge in [-0.25, -0.2) is 4.98 Å². The average molecular weight is 338 g/mol. The van der Waals surface area contributed by atoms with Gasteiger partial charge in [0.25, 0.3) is 11.5 Å². The zero-order valence-corrected chi connectivity index (χ0v) is 14.8. The monoisotopic (exact) mass is 338 g/mol. The molecule has 3 rings (SSSR count). The molecule has 0 saturated heterocycles. The Hall–Kier alpha value is -2.89. The van der Waals surface area contributed by atoms with Gasteiger partial charge in [0.05, 0.1) is 6.54 Å². The van der Waals surface area contributed by atoms with E-state index in [0.717, 1.165) is 5.56 Å². The standard InChI is InChI=1S/C19H22N4O2/c1-4-21(5-2)19(25)16-12-17-20-14(3)11-18(24)23(17)22(16)13-15-9-7-6-8-10-15/h6-12H,4-5,13H2,1-3H3. The molecule has 1 amide bonds. The number of benzene rings is 1. The molecule has 0 N–H and O–H groups in total. The summed E-state index contributed by atoms with van der Waals surface area (Å²) in [5.74, 6) is -0.0940. The lowest BCUT2D eigenvalue weighted by Crippen LogP contribution is -2.33. The van der Waals surface area contributed by atoms with Crippen molar-refractivity contribution in [3.8, 4) is 0 Å². The van der Waals surface area contributed by atoms with Gasteiger partial charge in [0.15, 0.2) is 5.65 Å². The fourth-order valence-corrected chi connectivity index (χ4v) is 3.01. The summed E-state index contributed by atoms with van der Waals surface area (Å²) in [5.41, 5.74) is 2.45. The van der Waals surface area contributed by atoms with E-state index in [4.69, 9.17) is 0 Å². The van der Waals surface area contributed by atoms with Crippen LogP contribution in [0.1, 0.15) is 35.6 Å². The zero-order chi connectivity index (χ0) is 18.0. The molecule has 1 aromatic carbocycles. The highest BCUT2D eigenvalue weighted by Crippen LogP contribution is 2.13. The number of hydrogen-bond donors (Lipinski definition) is 0. The summed E-state index contributed by atoms with van der Waals surface area (Å²) in [6.07, 6.45) is 0. The Morgan fingerprint density at radius 1 is 1.12 bits per heavy atom. The highest BCUT2D eigenvalue weighted by Gasteiger charge is 2.21. The quantitative estimate of drug-likeness (QED) is 0.717. The zero-order valence-electron chi connectivity index (χ0n) is 14.8. The maximum Gasteiger partial charge on any atom is 0.273 e. The first-order valence-corrected chi connectivity index (χ1v) is 8.48. The number of carbonyl (C=O) groups excluding carboxylic acids is 1. The van der Waals surface area contributed by atoms with Gasteiger partial charge in [-0.3, -0.25) is 14.3 Å². The largest absolute Gasteiger partial charge is 0.338 e. The molecule has 130 valence electrons. The highest BCUT2D eigenvalue weighted by atomic mass is 16.2. The van der Waals surface area contributed by atoms with Crippen molar-refractivity contribution in [1.29, 1.82) is 0 Å². The van der Waals surface area contributed by atoms with Gasteiger partial charge in [-0.1, -0.05) is 30.3 Å². The third-order valence-electron chi connectivity index (χ3n) is 4.28. The maximum atomic E-state index is 12.9. The summed E-state index contributed by atoms with van der Waals surface area (Å²) in [6, 6.07) is 13.0. The van der Waals surface area contributed by atoms with Crippen molar-refractivity contribution in [3.63, 3.8) is 0 Å². The lowest BCUT2D eigenvalue weighted by atomic mass is 10.2. The van der Waals surface area contributed by atoms with Crippen LogP contribution in [0.5, 0.6) is 0 Å². The van der Waals surface area contributed by atoms with E-state index in [2.05, 4.69) is 4.98 Å². The van der Waals surface area contributed by atoms with E-state index >= 15 is 0 Å². The summed E-state index contributed by atoms with van der Waals surface area (Å²) in [7, 11) is 0. The van der Waals surface area contributed by atoms with Crippen LogP contribution in [0.3, 0.4) is 0 Å². The van der Waals surface area contributed by atoms with E-state index in [0.29, 0.717) is 36.7 Å². The average Bonchev–Trinajstić information content (AvgIpc) is 2.95. The van der Waals surface area contributed by atoms with E-state index in [1.165, 1.54) is 10.6 Å². The molecular weight excluding hydrogens is 316 g/mol. The lowest BCUT2D eigenvalue weighted by Gasteiger charge is -2.19. The van der Waals surface area contributed by atoms with Crippen molar-refractivity contribution < 1.29 is 4.79 Å². The number of aromatic nitrogens is 3. The predicted molar refractivity (Wildman–Crippen MR) is 97.0 cm³/mol. The molecule has 0 bridgehead atoms. The Balaban J connectivity index is 2.21. The van der Waals surface area contributed by atoms with Crippen LogP contribution < -0.4 is 5.56 Å². The van der Waals surface area contributed by atoms with Gasteiger partial charge in [0.2, 0.25) is 0 Å². The van der Waals surface area contributed by atoms with Crippen LogP contribution >= 0.6 is 0 Å². The summed E-state index contributed by atoms with van der Waals surface area (Å²) in [4.78, 5) is 31.6. The molecule has 0 radical (unpaired) electrons. The van der Waals surface area contributed by atoms with Crippen LogP contribution in [-0.4, -0.2) is 38.1 Å². The lowest BCUT2D eigenvalue weighted by molar-refractivity contribution is 0.0760. The van der Waals surface area contributed by atoms with Crippen molar-refractivity contribution >= 4 is 11.6 Å². The van der Waals surface area contributed by atoms with Gasteiger partial charge in [0, 0.05) is 30.9 Å². The molecule has 6 nitrogen and oxygen atoms in total. The maximum absolute atomic E-state index is 12.9. The second-order valence-electron chi connectivity index (χ2n) is 5.96. The molecule has 3 aromatic rings. The number of fused-ring (bicyclic) bond motifs is 1. The van der Waals surface area contributed by atoms with Crippen molar-refractivity contribution in [1.82, 2.24) is 19.1 Å². The number of amides is 1. The third-order valence-corrected chi connectivity index (χ3v) is 4.28. The number of nitrogens with zero attached hydrogens (tertiary/aromatic N) is 4. The van der Waals surface area contributed by atoms with Crippen LogP contribution in [-0.2, 0) is 6.54 Å². The second kappa shape index (κ2) is 6.93. The molecule has 0 atom stereocenters. The van der Waals surface area contributed by atoms with Crippen molar-refractivity contribution in [2.45, 2.75) is 27.3 Å². The van der Waals surface area contributed by atoms with Gasteiger partial charge in [-0.05, 0) is 26.3 Å². The Morgan fingerprint density at radius 3 is 2.44 bits per heavy atom. The van der Waals surface area contributed by atoms with Crippen molar-refractivity contribution in [3.05, 3.63) is 69.8 Å². The van der Waals surface area contributed by atoms with Crippen LogP contribution in [0.25, 0.3) is 5.65 Å². The second-order valence-corrected chi connectivity index (χ2v) is 5.96. The van der Waals surface area contributed by atoms with E-state index in [9.17, 15) is 9.59 Å². The molecule has 2 heterocycles. The van der Waals surface area contributed by atoms with Gasteiger partial charge in [-0.15, -0.1) is 0 Å². The first-order chi connectivity index (χ1) is 12.0. The number of carbonyl (C=O) groups is 1. The summed E-state index contributed by atoms with van der Waals surface area (Å²) >= 11 is 0. The van der Waals surface area contributed by atoms with Crippen LogP contribution in [0, 0.1) is 6.92 Å². The van der Waals surface area contributed by atoms with E-state index in [1.807, 2.05) is 44.2 Å². The van der Waals surface area contributed by atoms with E-state index in [-0.39, 0.29) is 11.5 Å². The Kier molecular flexibility index (Phi) is 4.70. The molecule has 0 aliphatic carbocycles. The summed E-state index contributed by atoms with van der Waals surface area (Å²) < 4.78 is 3.21. The summed E-state index contributed by atoms with van der Waals surface area (Å²) in [5, 5.41) is 0. The molecule has 0 spiro atoms. The molecule has 25 heavy (non-hydrogen) atoms. The molecule has 2 aromatic heterocycles. The SMILES string of the molecule is CCN(CC)C(=O)c1cc2nc(C)cc(=O)n2n1Cc1ccccc1. The molecular formula is C19H22N4O2. The Morgan fingerprint density at radius 2 is 1.80 bits per heavy atom. The predicted octanol–water partition coefficient (Wildman–Crippen LogP) is 2.33. The van der Waals surface area contributed by atoms with E-state index < -0.39 is 0 Å². The molecule has 0 aliphatic heterocycles. The fourth-order valence-electron chi connectivity index (χ4n) is 3.01. The van der Waals surface area contributed by atoms with E-state index in [1.54, 1.807) is 22.6 Å². The first-order valence-electron chi connectivity index (χ1n) is 8.48. The van der Waals surface area contributed by atoms with Crippen LogP contribution in [0.2, 0.25) is 0 Å². The minimum absolute atomic E-state index is 0.0940. The fraction of sp³-hybridized carbons (Fsp3) is 0.316. The topological polar surface area (TPSA) is 59.6 Å². The van der Waals surface area contributed by atoms with Gasteiger partial charge in [-0.2, -0.15) is 4.52 Å². The van der Waals surface area contributed by atoms with Gasteiger partial charge >= 0.3 is 0 Å². The summed E-state index contributed by atoms with van der Waals surface area (Å²) in [6.45, 7) is 7.33. The van der Waals surface area contributed by atoms with Crippen LogP contribution in [0.15, 0.2) is 47.3 Å². The normalized spacial score (nSPS) is 11.0. The molecule has 0 fully saturated rings. The smallest absolute Gasteiger partial charge is 0.273 e. The molecule has 0 saturated carbocycles. The third kappa shape index (κ3) is 3.20. The number of aryl methyl sites for hydroxylation is 1. The molecule has 0 aliphatic rings. The van der Waals surface area contributed by atoms with Crippen molar-refractivity contribution in [2.75, 3.05) is 13.1 Å². The number of rotatable bonds is 5. The van der Waals surface area contributed by atoms with Gasteiger partial charge < -0.3 is 4.90 Å². The number of hydrogen-bond acceptors (Lipinski definition) is 3. The van der Waals surface area contributed by atoms with Crippen LogP contribution in [0.4, 0.5) is 0 Å². The first kappa shape index (κ1) is 17.0. The minimum atomic E-state index is -0.183. The molecule has 0 unspecified atom stereocenters. The Labute approximate surface area is 146 Å². The van der Waals surface area contributed by atoms with Gasteiger partial charge in [0.1, 0.15) is 5.69 Å². The molecule has 6 heteroatoms. The Bertz CT molecular complexity index is 953. The minimum Gasteiger partial charge on any atom is -0.338 e. The highest BCUT2D eigenvalue weighted by molar-refractivity contribution is 5.93. The van der Waals surface area contributed by atoms with Crippen molar-refractivity contribution in [2.24, 2.45) is 0 Å².